The molecular weight excluding hydrogens is 337 g/mol. The first-order valence-corrected chi connectivity index (χ1v) is 8.09. The van der Waals surface area contributed by atoms with Crippen LogP contribution in [0.25, 0.3) is 10.9 Å². The Morgan fingerprint density at radius 1 is 1.23 bits per heavy atom. The van der Waals surface area contributed by atoms with E-state index < -0.39 is 6.10 Å². The summed E-state index contributed by atoms with van der Waals surface area (Å²) in [5.74, 6) is 0.126. The number of H-pyrrole nitrogens is 1. The van der Waals surface area contributed by atoms with Crippen molar-refractivity contribution in [2.45, 2.75) is 19.6 Å². The van der Waals surface area contributed by atoms with Gasteiger partial charge in [0.2, 0.25) is 0 Å². The maximum Gasteiger partial charge on any atom is 0.263 e. The number of likely N-dealkylation sites (N-methyl/N-ethyl adjacent to an activating group) is 1. The molecule has 0 radical (unpaired) electrons. The van der Waals surface area contributed by atoms with E-state index in [2.05, 4.69) is 9.97 Å². The number of aromatic amines is 1. The molecule has 0 fully saturated rings. The van der Waals surface area contributed by atoms with Crippen molar-refractivity contribution in [3.8, 4) is 5.75 Å². The Balaban J connectivity index is 1.70. The van der Waals surface area contributed by atoms with Crippen molar-refractivity contribution in [2.24, 2.45) is 0 Å². The predicted octanol–water partition coefficient (Wildman–Crippen LogP) is 2.49. The number of carbonyl (C=O) groups is 1. The molecule has 0 bridgehead atoms. The van der Waals surface area contributed by atoms with Crippen LogP contribution in [0.15, 0.2) is 53.3 Å². The first-order chi connectivity index (χ1) is 12.4. The number of carbonyl (C=O) groups excluding carboxylic acids is 1. The van der Waals surface area contributed by atoms with Gasteiger partial charge in [-0.1, -0.05) is 12.1 Å². The lowest BCUT2D eigenvalue weighted by Gasteiger charge is -2.21. The van der Waals surface area contributed by atoms with Crippen LogP contribution in [-0.2, 0) is 11.3 Å². The van der Waals surface area contributed by atoms with Crippen molar-refractivity contribution < 1.29 is 13.9 Å². The number of para-hydroxylation sites is 1. The summed E-state index contributed by atoms with van der Waals surface area (Å²) in [5, 5.41) is 0.498. The van der Waals surface area contributed by atoms with E-state index in [1.54, 1.807) is 38.2 Å². The lowest BCUT2D eigenvalue weighted by atomic mass is 10.2. The average molecular weight is 355 g/mol. The third-order valence-electron chi connectivity index (χ3n) is 3.90. The van der Waals surface area contributed by atoms with E-state index in [9.17, 15) is 14.0 Å². The molecule has 0 aliphatic rings. The molecule has 0 aliphatic carbocycles. The first-order valence-electron chi connectivity index (χ1n) is 8.09. The average Bonchev–Trinajstić information content (AvgIpc) is 2.63. The molecule has 1 heterocycles. The number of ether oxygens (including phenoxy) is 1. The third kappa shape index (κ3) is 3.88. The summed E-state index contributed by atoms with van der Waals surface area (Å²) in [7, 11) is 1.60. The highest BCUT2D eigenvalue weighted by molar-refractivity contribution is 5.81. The number of benzene rings is 2. The summed E-state index contributed by atoms with van der Waals surface area (Å²) < 4.78 is 18.5. The largest absolute Gasteiger partial charge is 0.481 e. The molecule has 3 aromatic rings. The Bertz CT molecular complexity index is 985. The van der Waals surface area contributed by atoms with Crippen LogP contribution in [0.3, 0.4) is 0 Å². The lowest BCUT2D eigenvalue weighted by Crippen LogP contribution is -2.38. The van der Waals surface area contributed by atoms with Gasteiger partial charge in [-0.2, -0.15) is 0 Å². The number of aromatic nitrogens is 2. The van der Waals surface area contributed by atoms with Gasteiger partial charge < -0.3 is 14.6 Å². The minimum absolute atomic E-state index is 0.135. The van der Waals surface area contributed by atoms with Gasteiger partial charge in [0, 0.05) is 7.05 Å². The molecule has 0 aliphatic heterocycles. The Labute approximate surface area is 149 Å². The predicted molar refractivity (Wildman–Crippen MR) is 95.3 cm³/mol. The summed E-state index contributed by atoms with van der Waals surface area (Å²) in [6, 6.07) is 12.5. The Morgan fingerprint density at radius 2 is 1.92 bits per heavy atom. The zero-order valence-corrected chi connectivity index (χ0v) is 14.4. The summed E-state index contributed by atoms with van der Waals surface area (Å²) in [5.41, 5.74) is 0.324. The van der Waals surface area contributed by atoms with E-state index in [1.165, 1.54) is 29.2 Å². The molecule has 1 atom stereocenters. The van der Waals surface area contributed by atoms with E-state index in [0.29, 0.717) is 22.5 Å². The van der Waals surface area contributed by atoms with Crippen molar-refractivity contribution in [3.05, 3.63) is 70.5 Å². The van der Waals surface area contributed by atoms with Gasteiger partial charge in [-0.05, 0) is 43.3 Å². The SMILES string of the molecule is C[C@H](Oc1ccc(F)cc1)C(=O)N(C)Cc1nc2ccccc2c(=O)[nH]1. The third-order valence-corrected chi connectivity index (χ3v) is 3.90. The van der Waals surface area contributed by atoms with Gasteiger partial charge >= 0.3 is 0 Å². The zero-order valence-electron chi connectivity index (χ0n) is 14.4. The smallest absolute Gasteiger partial charge is 0.263 e. The molecule has 1 aromatic heterocycles. The molecule has 26 heavy (non-hydrogen) atoms. The number of hydrogen-bond acceptors (Lipinski definition) is 4. The molecule has 6 nitrogen and oxygen atoms in total. The number of rotatable bonds is 5. The number of nitrogens with zero attached hydrogens (tertiary/aromatic N) is 2. The maximum absolute atomic E-state index is 12.9. The van der Waals surface area contributed by atoms with Crippen LogP contribution >= 0.6 is 0 Å². The topological polar surface area (TPSA) is 75.3 Å². The normalized spacial score (nSPS) is 12.0. The highest BCUT2D eigenvalue weighted by Gasteiger charge is 2.20. The maximum atomic E-state index is 12.9. The monoisotopic (exact) mass is 355 g/mol. The molecule has 7 heteroatoms. The molecular formula is C19H18FN3O3. The van der Waals surface area contributed by atoms with Gasteiger partial charge in [0.05, 0.1) is 17.4 Å². The van der Waals surface area contributed by atoms with Crippen molar-refractivity contribution in [1.29, 1.82) is 0 Å². The second-order valence-electron chi connectivity index (χ2n) is 5.94. The minimum Gasteiger partial charge on any atom is -0.481 e. The minimum atomic E-state index is -0.766. The van der Waals surface area contributed by atoms with E-state index in [1.807, 2.05) is 0 Å². The van der Waals surface area contributed by atoms with Crippen LogP contribution in [0, 0.1) is 5.82 Å². The summed E-state index contributed by atoms with van der Waals surface area (Å²) in [6.45, 7) is 1.74. The second kappa shape index (κ2) is 7.35. The van der Waals surface area contributed by atoms with Crippen molar-refractivity contribution in [2.75, 3.05) is 7.05 Å². The molecule has 0 saturated carbocycles. The highest BCUT2D eigenvalue weighted by atomic mass is 19.1. The Hall–Kier alpha value is -3.22. The molecule has 1 N–H and O–H groups in total. The second-order valence-corrected chi connectivity index (χ2v) is 5.94. The Morgan fingerprint density at radius 3 is 2.65 bits per heavy atom. The fourth-order valence-corrected chi connectivity index (χ4v) is 2.59. The van der Waals surface area contributed by atoms with Crippen LogP contribution in [0.5, 0.6) is 5.75 Å². The number of fused-ring (bicyclic) bond motifs is 1. The van der Waals surface area contributed by atoms with Gasteiger partial charge in [-0.3, -0.25) is 9.59 Å². The fourth-order valence-electron chi connectivity index (χ4n) is 2.59. The van der Waals surface area contributed by atoms with Crippen molar-refractivity contribution in [3.63, 3.8) is 0 Å². The van der Waals surface area contributed by atoms with E-state index in [-0.39, 0.29) is 23.8 Å². The van der Waals surface area contributed by atoms with E-state index in [4.69, 9.17) is 4.74 Å². The number of amides is 1. The van der Waals surface area contributed by atoms with Gasteiger partial charge in [0.25, 0.3) is 11.5 Å². The van der Waals surface area contributed by atoms with Crippen LogP contribution in [0.2, 0.25) is 0 Å². The summed E-state index contributed by atoms with van der Waals surface area (Å²) in [6.07, 6.45) is -0.766. The summed E-state index contributed by atoms with van der Waals surface area (Å²) in [4.78, 5) is 33.1. The number of nitrogens with one attached hydrogen (secondary N) is 1. The van der Waals surface area contributed by atoms with Gasteiger partial charge in [0.15, 0.2) is 6.10 Å². The number of hydrogen-bond donors (Lipinski definition) is 1. The molecule has 2 aromatic carbocycles. The van der Waals surface area contributed by atoms with Gasteiger partial charge in [-0.15, -0.1) is 0 Å². The molecule has 1 amide bonds. The number of halogens is 1. The Kier molecular flexibility index (Phi) is 4.97. The van der Waals surface area contributed by atoms with Crippen LogP contribution in [0.4, 0.5) is 4.39 Å². The molecule has 0 unspecified atom stereocenters. The van der Waals surface area contributed by atoms with Gasteiger partial charge in [0.1, 0.15) is 17.4 Å². The first kappa shape index (κ1) is 17.6. The van der Waals surface area contributed by atoms with Crippen LogP contribution in [-0.4, -0.2) is 33.9 Å². The van der Waals surface area contributed by atoms with E-state index >= 15 is 0 Å². The quantitative estimate of drug-likeness (QED) is 0.763. The van der Waals surface area contributed by atoms with E-state index in [0.717, 1.165) is 0 Å². The summed E-state index contributed by atoms with van der Waals surface area (Å²) >= 11 is 0. The van der Waals surface area contributed by atoms with Crippen LogP contribution in [0.1, 0.15) is 12.7 Å². The van der Waals surface area contributed by atoms with Crippen LogP contribution < -0.4 is 10.3 Å². The molecule has 3 rings (SSSR count). The fraction of sp³-hybridized carbons (Fsp3) is 0.211. The van der Waals surface area contributed by atoms with Gasteiger partial charge in [-0.25, -0.2) is 9.37 Å². The standard InChI is InChI=1S/C19H18FN3O3/c1-12(26-14-9-7-13(20)8-10-14)19(25)23(2)11-17-21-16-6-4-3-5-15(16)18(24)22-17/h3-10,12H,11H2,1-2H3,(H,21,22,24)/t12-/m0/s1. The molecule has 134 valence electrons. The lowest BCUT2D eigenvalue weighted by molar-refractivity contribution is -0.137. The highest BCUT2D eigenvalue weighted by Crippen LogP contribution is 2.14. The van der Waals surface area contributed by atoms with Crippen molar-refractivity contribution >= 4 is 16.8 Å². The molecule has 0 saturated heterocycles. The zero-order chi connectivity index (χ0) is 18.7. The molecule has 0 spiro atoms. The van der Waals surface area contributed by atoms with Crippen molar-refractivity contribution in [1.82, 2.24) is 14.9 Å².